The van der Waals surface area contributed by atoms with E-state index in [1.54, 1.807) is 23.1 Å². The molecule has 0 spiro atoms. The number of hydrogen-bond donors (Lipinski definition) is 1. The fourth-order valence-corrected chi connectivity index (χ4v) is 5.45. The molecule has 0 saturated carbocycles. The molecule has 0 aliphatic carbocycles. The minimum absolute atomic E-state index is 0.151. The molecule has 0 aromatic carbocycles. The highest BCUT2D eigenvalue weighted by molar-refractivity contribution is 8.01. The second-order valence-corrected chi connectivity index (χ2v) is 9.85. The lowest BCUT2D eigenvalue weighted by Gasteiger charge is -2.31. The zero-order valence-electron chi connectivity index (χ0n) is 14.1. The zero-order valence-corrected chi connectivity index (χ0v) is 17.3. The lowest BCUT2D eigenvalue weighted by atomic mass is 10.3. The second-order valence-electron chi connectivity index (χ2n) is 6.06. The number of hydrogen-bond acceptors (Lipinski definition) is 6. The molecule has 25 heavy (non-hydrogen) atoms. The smallest absolute Gasteiger partial charge is 0.264 e. The number of quaternary nitrogens is 1. The summed E-state index contributed by atoms with van der Waals surface area (Å²) in [4.78, 5) is 16.6. The molecule has 2 aromatic heterocycles. The van der Waals surface area contributed by atoms with E-state index in [9.17, 15) is 4.79 Å². The molecular weight excluding hydrogens is 392 g/mol. The van der Waals surface area contributed by atoms with Crippen molar-refractivity contribution in [3.05, 3.63) is 38.5 Å². The Kier molecular flexibility index (Phi) is 6.45. The van der Waals surface area contributed by atoms with Crippen LogP contribution < -0.4 is 4.90 Å². The summed E-state index contributed by atoms with van der Waals surface area (Å²) in [5.41, 5.74) is 1.13. The third kappa shape index (κ3) is 5.01. The summed E-state index contributed by atoms with van der Waals surface area (Å²) in [6.07, 6.45) is 0. The number of piperazine rings is 1. The van der Waals surface area contributed by atoms with Crippen molar-refractivity contribution in [3.63, 3.8) is 0 Å². The number of rotatable bonds is 6. The normalized spacial score (nSPS) is 15.5. The number of carbonyl (C=O) groups excluding carboxylic acids is 1. The Balaban J connectivity index is 1.53. The number of carbonyl (C=O) groups is 1. The summed E-state index contributed by atoms with van der Waals surface area (Å²) in [7, 11) is 0. The van der Waals surface area contributed by atoms with Crippen LogP contribution in [0.2, 0.25) is 0 Å². The Hall–Kier alpha value is -1.00. The summed E-state index contributed by atoms with van der Waals surface area (Å²) < 4.78 is 3.74. The maximum absolute atomic E-state index is 12.4. The predicted octanol–water partition coefficient (Wildman–Crippen LogP) is 2.40. The first-order valence-electron chi connectivity index (χ1n) is 8.04. The highest BCUT2D eigenvalue weighted by Gasteiger charge is 2.25. The largest absolute Gasteiger partial charge is 0.327 e. The Morgan fingerprint density at radius 1 is 1.48 bits per heavy atom. The van der Waals surface area contributed by atoms with Gasteiger partial charge in [0.2, 0.25) is 0 Å². The molecule has 1 N–H and O–H groups in total. The van der Waals surface area contributed by atoms with Gasteiger partial charge in [0.05, 0.1) is 31.1 Å². The SMILES string of the molecule is C=C(C)CSc1nn(C[NH+]2CCN(C(=O)c3cccs3)CC2)c(=S)s1. The lowest BCUT2D eigenvalue weighted by Crippen LogP contribution is -3.14. The molecule has 1 amide bonds. The van der Waals surface area contributed by atoms with Gasteiger partial charge in [-0.15, -0.1) is 16.4 Å². The average molecular weight is 414 g/mol. The minimum Gasteiger partial charge on any atom is -0.327 e. The lowest BCUT2D eigenvalue weighted by molar-refractivity contribution is -0.927. The highest BCUT2D eigenvalue weighted by atomic mass is 32.2. The number of thioether (sulfide) groups is 1. The van der Waals surface area contributed by atoms with E-state index in [1.807, 2.05) is 34.0 Å². The van der Waals surface area contributed by atoms with E-state index in [4.69, 9.17) is 12.2 Å². The molecule has 0 atom stereocenters. The van der Waals surface area contributed by atoms with E-state index < -0.39 is 0 Å². The number of nitrogens with one attached hydrogen (secondary N) is 1. The number of nitrogens with zero attached hydrogens (tertiary/aromatic N) is 3. The van der Waals surface area contributed by atoms with Gasteiger partial charge >= 0.3 is 0 Å². The van der Waals surface area contributed by atoms with Gasteiger partial charge in [-0.25, -0.2) is 0 Å². The van der Waals surface area contributed by atoms with Gasteiger partial charge in [0.15, 0.2) is 15.0 Å². The summed E-state index contributed by atoms with van der Waals surface area (Å²) >= 11 is 10.2. The van der Waals surface area contributed by atoms with E-state index in [1.165, 1.54) is 16.2 Å². The van der Waals surface area contributed by atoms with Gasteiger partial charge in [0.1, 0.15) is 0 Å². The fourth-order valence-electron chi connectivity index (χ4n) is 2.58. The van der Waals surface area contributed by atoms with Crippen LogP contribution in [0.15, 0.2) is 34.0 Å². The molecule has 3 rings (SSSR count). The topological polar surface area (TPSA) is 42.6 Å². The van der Waals surface area contributed by atoms with Crippen LogP contribution >= 0.6 is 46.7 Å². The highest BCUT2D eigenvalue weighted by Crippen LogP contribution is 2.23. The molecule has 0 bridgehead atoms. The zero-order chi connectivity index (χ0) is 17.8. The van der Waals surface area contributed by atoms with Gasteiger partial charge in [0.25, 0.3) is 5.91 Å². The van der Waals surface area contributed by atoms with Crippen LogP contribution in [0.25, 0.3) is 0 Å². The van der Waals surface area contributed by atoms with Crippen molar-refractivity contribution in [1.82, 2.24) is 14.7 Å². The Bertz CT molecular complexity index is 787. The van der Waals surface area contributed by atoms with Crippen LogP contribution in [0, 0.1) is 3.95 Å². The minimum atomic E-state index is 0.151. The van der Waals surface area contributed by atoms with Gasteiger partial charge in [-0.3, -0.25) is 4.79 Å². The van der Waals surface area contributed by atoms with Crippen molar-refractivity contribution >= 4 is 52.6 Å². The first-order valence-corrected chi connectivity index (χ1v) is 11.1. The molecule has 9 heteroatoms. The van der Waals surface area contributed by atoms with Crippen LogP contribution in [0.5, 0.6) is 0 Å². The van der Waals surface area contributed by atoms with Crippen LogP contribution in [0.4, 0.5) is 0 Å². The third-order valence-electron chi connectivity index (χ3n) is 3.89. The van der Waals surface area contributed by atoms with Gasteiger partial charge in [0, 0.05) is 5.75 Å². The first kappa shape index (κ1) is 18.8. The van der Waals surface area contributed by atoms with Crippen molar-refractivity contribution in [2.75, 3.05) is 31.9 Å². The van der Waals surface area contributed by atoms with E-state index in [2.05, 4.69) is 11.7 Å². The van der Waals surface area contributed by atoms with Gasteiger partial charge in [-0.1, -0.05) is 41.3 Å². The molecule has 3 heterocycles. The van der Waals surface area contributed by atoms with Gasteiger partial charge < -0.3 is 9.80 Å². The van der Waals surface area contributed by atoms with Crippen LogP contribution in [0.3, 0.4) is 0 Å². The molecule has 0 radical (unpaired) electrons. The molecule has 5 nitrogen and oxygen atoms in total. The molecule has 1 aliphatic heterocycles. The molecule has 0 unspecified atom stereocenters. The Labute approximate surface area is 165 Å². The fraction of sp³-hybridized carbons (Fsp3) is 0.438. The maximum atomic E-state index is 12.4. The van der Waals surface area contributed by atoms with Crippen LogP contribution in [-0.4, -0.2) is 52.5 Å². The summed E-state index contributed by atoms with van der Waals surface area (Å²) in [5.74, 6) is 1.02. The molecular formula is C16H21N4OS4+. The third-order valence-corrected chi connectivity index (χ3v) is 7.42. The van der Waals surface area contributed by atoms with Crippen molar-refractivity contribution < 1.29 is 9.69 Å². The molecule has 1 saturated heterocycles. The first-order chi connectivity index (χ1) is 12.0. The van der Waals surface area contributed by atoms with Crippen molar-refractivity contribution in [1.29, 1.82) is 0 Å². The van der Waals surface area contributed by atoms with Gasteiger partial charge in [-0.2, -0.15) is 4.68 Å². The molecule has 2 aromatic rings. The summed E-state index contributed by atoms with van der Waals surface area (Å²) in [6, 6.07) is 3.82. The van der Waals surface area contributed by atoms with Crippen LogP contribution in [-0.2, 0) is 6.67 Å². The predicted molar refractivity (Wildman–Crippen MR) is 107 cm³/mol. The number of aromatic nitrogens is 2. The number of thiophene rings is 1. The van der Waals surface area contributed by atoms with E-state index in [0.29, 0.717) is 0 Å². The maximum Gasteiger partial charge on any atom is 0.264 e. The quantitative estimate of drug-likeness (QED) is 0.449. The molecule has 1 aliphatic rings. The average Bonchev–Trinajstić information content (AvgIpc) is 3.24. The van der Waals surface area contributed by atoms with E-state index in [-0.39, 0.29) is 5.91 Å². The Morgan fingerprint density at radius 3 is 2.88 bits per heavy atom. The van der Waals surface area contributed by atoms with E-state index in [0.717, 1.165) is 57.3 Å². The molecule has 1 fully saturated rings. The number of amides is 1. The monoisotopic (exact) mass is 413 g/mol. The van der Waals surface area contributed by atoms with Crippen molar-refractivity contribution in [2.45, 2.75) is 17.9 Å². The van der Waals surface area contributed by atoms with Crippen molar-refractivity contribution in [3.8, 4) is 0 Å². The standard InChI is InChI=1S/C16H20N4OS4/c1-12(2)10-24-15-17-20(16(22)25-15)11-18-5-7-19(8-6-18)14(21)13-4-3-9-23-13/h3-4,9H,1,5-8,10-11H2,2H3/p+1. The summed E-state index contributed by atoms with van der Waals surface area (Å²) in [5, 5.41) is 6.57. The van der Waals surface area contributed by atoms with Crippen LogP contribution in [0.1, 0.15) is 16.6 Å². The Morgan fingerprint density at radius 2 is 2.24 bits per heavy atom. The van der Waals surface area contributed by atoms with Gasteiger partial charge in [-0.05, 0) is 30.6 Å². The second kappa shape index (κ2) is 8.59. The van der Waals surface area contributed by atoms with E-state index >= 15 is 0 Å². The summed E-state index contributed by atoms with van der Waals surface area (Å²) in [6.45, 7) is 10.1. The molecule has 134 valence electrons. The van der Waals surface area contributed by atoms with Crippen molar-refractivity contribution in [2.24, 2.45) is 0 Å².